The van der Waals surface area contributed by atoms with Crippen molar-refractivity contribution in [1.29, 1.82) is 0 Å². The molecule has 2 aromatic rings. The van der Waals surface area contributed by atoms with Gasteiger partial charge in [0.1, 0.15) is 5.82 Å². The number of rotatable bonds is 5. The lowest BCUT2D eigenvalue weighted by molar-refractivity contribution is 0.405. The van der Waals surface area contributed by atoms with Crippen molar-refractivity contribution in [3.8, 4) is 0 Å². The van der Waals surface area contributed by atoms with E-state index in [0.717, 1.165) is 36.1 Å². The number of anilines is 2. The predicted octanol–water partition coefficient (Wildman–Crippen LogP) is 2.83. The number of fused-ring (bicyclic) bond motifs is 1. The molecule has 5 heteroatoms. The minimum atomic E-state index is 0.581. The van der Waals surface area contributed by atoms with Gasteiger partial charge in [0.25, 0.3) is 0 Å². The third-order valence-corrected chi connectivity index (χ3v) is 3.34. The van der Waals surface area contributed by atoms with Gasteiger partial charge in [-0.25, -0.2) is 4.98 Å². The molecule has 1 heterocycles. The van der Waals surface area contributed by atoms with Crippen LogP contribution in [0.2, 0.25) is 5.02 Å². The van der Waals surface area contributed by atoms with E-state index >= 15 is 0 Å². The van der Waals surface area contributed by atoms with Crippen molar-refractivity contribution in [2.75, 3.05) is 38.2 Å². The maximum Gasteiger partial charge on any atom is 0.133 e. The van der Waals surface area contributed by atoms with E-state index in [1.165, 1.54) is 0 Å². The predicted molar refractivity (Wildman–Crippen MR) is 82.8 cm³/mol. The number of hydrogen-bond donors (Lipinski definition) is 2. The van der Waals surface area contributed by atoms with Crippen LogP contribution in [-0.4, -0.2) is 37.1 Å². The number of nitrogens with one attached hydrogen (secondary N) is 1. The maximum atomic E-state index is 6.03. The molecule has 2 rings (SSSR count). The second-order valence-corrected chi connectivity index (χ2v) is 5.21. The number of benzene rings is 1. The van der Waals surface area contributed by atoms with Crippen molar-refractivity contribution in [3.05, 3.63) is 29.4 Å². The van der Waals surface area contributed by atoms with Crippen molar-refractivity contribution < 1.29 is 0 Å². The molecule has 19 heavy (non-hydrogen) atoms. The summed E-state index contributed by atoms with van der Waals surface area (Å²) in [5.74, 6) is 0.861. The minimum absolute atomic E-state index is 0.581. The lowest BCUT2D eigenvalue weighted by atomic mass is 10.1. The summed E-state index contributed by atoms with van der Waals surface area (Å²) >= 11 is 6.03. The van der Waals surface area contributed by atoms with Gasteiger partial charge in [0, 0.05) is 23.5 Å². The van der Waals surface area contributed by atoms with E-state index in [4.69, 9.17) is 17.3 Å². The van der Waals surface area contributed by atoms with Crippen molar-refractivity contribution >= 4 is 33.9 Å². The van der Waals surface area contributed by atoms with E-state index in [0.29, 0.717) is 10.7 Å². The van der Waals surface area contributed by atoms with Crippen LogP contribution in [0.25, 0.3) is 10.8 Å². The van der Waals surface area contributed by atoms with Crippen LogP contribution in [0.5, 0.6) is 0 Å². The molecule has 0 saturated carbocycles. The van der Waals surface area contributed by atoms with Crippen LogP contribution >= 0.6 is 11.6 Å². The van der Waals surface area contributed by atoms with Crippen LogP contribution in [0.4, 0.5) is 11.5 Å². The third kappa shape index (κ3) is 3.28. The number of pyridine rings is 1. The summed E-state index contributed by atoms with van der Waals surface area (Å²) in [6, 6.07) is 5.66. The first-order valence-corrected chi connectivity index (χ1v) is 6.68. The molecule has 0 radical (unpaired) electrons. The van der Waals surface area contributed by atoms with Gasteiger partial charge in [-0.1, -0.05) is 11.6 Å². The highest BCUT2D eigenvalue weighted by Gasteiger charge is 2.06. The highest BCUT2D eigenvalue weighted by molar-refractivity contribution is 6.34. The summed E-state index contributed by atoms with van der Waals surface area (Å²) in [4.78, 5) is 6.53. The molecule has 0 aliphatic heterocycles. The van der Waals surface area contributed by atoms with Crippen molar-refractivity contribution in [2.24, 2.45) is 0 Å². The van der Waals surface area contributed by atoms with E-state index in [-0.39, 0.29) is 0 Å². The first-order valence-electron chi connectivity index (χ1n) is 6.31. The first kappa shape index (κ1) is 13.9. The molecule has 0 fully saturated rings. The quantitative estimate of drug-likeness (QED) is 0.652. The van der Waals surface area contributed by atoms with Gasteiger partial charge in [0.15, 0.2) is 0 Å². The summed E-state index contributed by atoms with van der Waals surface area (Å²) in [5, 5.41) is 5.88. The van der Waals surface area contributed by atoms with Crippen LogP contribution in [-0.2, 0) is 0 Å². The molecular weight excluding hydrogens is 260 g/mol. The molecule has 0 spiro atoms. The number of hydrogen-bond acceptors (Lipinski definition) is 4. The largest absolute Gasteiger partial charge is 0.397 e. The molecule has 102 valence electrons. The summed E-state index contributed by atoms with van der Waals surface area (Å²) in [6.07, 6.45) is 2.82. The van der Waals surface area contributed by atoms with Crippen LogP contribution in [0, 0.1) is 0 Å². The second-order valence-electron chi connectivity index (χ2n) is 4.80. The molecule has 0 atom stereocenters. The molecule has 4 nitrogen and oxygen atoms in total. The standard InChI is InChI=1S/C14H19ClN4/c1-19(2)9-3-7-17-14-11-4-5-12(15)13(16)10(11)6-8-18-14/h4-6,8H,3,7,9,16H2,1-2H3,(H,17,18). The average molecular weight is 279 g/mol. The summed E-state index contributed by atoms with van der Waals surface area (Å²) in [5.41, 5.74) is 6.60. The number of aromatic nitrogens is 1. The highest BCUT2D eigenvalue weighted by Crippen LogP contribution is 2.31. The number of nitrogens with zero attached hydrogens (tertiary/aromatic N) is 2. The fourth-order valence-electron chi connectivity index (χ4n) is 1.99. The second kappa shape index (κ2) is 6.08. The van der Waals surface area contributed by atoms with Gasteiger partial charge < -0.3 is 16.0 Å². The Kier molecular flexibility index (Phi) is 4.45. The molecule has 0 amide bonds. The first-order chi connectivity index (χ1) is 9.09. The summed E-state index contributed by atoms with van der Waals surface area (Å²) in [6.45, 7) is 1.93. The molecule has 0 aliphatic carbocycles. The topological polar surface area (TPSA) is 54.2 Å². The molecule has 0 bridgehead atoms. The molecular formula is C14H19ClN4. The van der Waals surface area contributed by atoms with Gasteiger partial charge in [-0.05, 0) is 45.3 Å². The zero-order chi connectivity index (χ0) is 13.8. The van der Waals surface area contributed by atoms with E-state index in [1.807, 2.05) is 18.2 Å². The Hall–Kier alpha value is -1.52. The summed E-state index contributed by atoms with van der Waals surface area (Å²) in [7, 11) is 4.14. The van der Waals surface area contributed by atoms with E-state index in [9.17, 15) is 0 Å². The SMILES string of the molecule is CN(C)CCCNc1nccc2c(N)c(Cl)ccc12. The van der Waals surface area contributed by atoms with Crippen LogP contribution in [0.3, 0.4) is 0 Å². The highest BCUT2D eigenvalue weighted by atomic mass is 35.5. The smallest absolute Gasteiger partial charge is 0.133 e. The number of nitrogens with two attached hydrogens (primary N) is 1. The van der Waals surface area contributed by atoms with Gasteiger partial charge in [-0.15, -0.1) is 0 Å². The average Bonchev–Trinajstić information content (AvgIpc) is 2.39. The Morgan fingerprint density at radius 2 is 2.05 bits per heavy atom. The van der Waals surface area contributed by atoms with E-state index in [2.05, 4.69) is 29.3 Å². The number of halogens is 1. The molecule has 0 aliphatic rings. The van der Waals surface area contributed by atoms with Gasteiger partial charge in [0.05, 0.1) is 10.7 Å². The third-order valence-electron chi connectivity index (χ3n) is 3.01. The summed E-state index contributed by atoms with van der Waals surface area (Å²) < 4.78 is 0. The zero-order valence-corrected chi connectivity index (χ0v) is 12.0. The van der Waals surface area contributed by atoms with Gasteiger partial charge in [0.2, 0.25) is 0 Å². The molecule has 0 saturated heterocycles. The van der Waals surface area contributed by atoms with E-state index < -0.39 is 0 Å². The van der Waals surface area contributed by atoms with Crippen LogP contribution in [0.1, 0.15) is 6.42 Å². The Labute approximate surface area is 118 Å². The Morgan fingerprint density at radius 1 is 1.26 bits per heavy atom. The fourth-order valence-corrected chi connectivity index (χ4v) is 2.16. The monoisotopic (exact) mass is 278 g/mol. The Bertz CT molecular complexity index is 569. The Balaban J connectivity index is 2.17. The van der Waals surface area contributed by atoms with Crippen molar-refractivity contribution in [2.45, 2.75) is 6.42 Å². The molecule has 0 unspecified atom stereocenters. The maximum absolute atomic E-state index is 6.03. The minimum Gasteiger partial charge on any atom is -0.397 e. The molecule has 1 aromatic heterocycles. The van der Waals surface area contributed by atoms with Crippen LogP contribution < -0.4 is 11.1 Å². The van der Waals surface area contributed by atoms with Crippen LogP contribution in [0.15, 0.2) is 24.4 Å². The molecule has 3 N–H and O–H groups in total. The van der Waals surface area contributed by atoms with Crippen molar-refractivity contribution in [1.82, 2.24) is 9.88 Å². The molecule has 1 aromatic carbocycles. The number of nitrogen functional groups attached to an aromatic ring is 1. The van der Waals surface area contributed by atoms with Gasteiger partial charge in [-0.3, -0.25) is 0 Å². The lowest BCUT2D eigenvalue weighted by Gasteiger charge is -2.12. The van der Waals surface area contributed by atoms with E-state index in [1.54, 1.807) is 6.20 Å². The Morgan fingerprint density at radius 3 is 2.79 bits per heavy atom. The fraction of sp³-hybridized carbons (Fsp3) is 0.357. The van der Waals surface area contributed by atoms with Gasteiger partial charge in [-0.2, -0.15) is 0 Å². The lowest BCUT2D eigenvalue weighted by Crippen LogP contribution is -2.16. The normalized spacial score (nSPS) is 11.2. The van der Waals surface area contributed by atoms with Gasteiger partial charge >= 0.3 is 0 Å². The zero-order valence-electron chi connectivity index (χ0n) is 11.3. The van der Waals surface area contributed by atoms with Crippen molar-refractivity contribution in [3.63, 3.8) is 0 Å².